The number of carbonyl (C=O) groups is 1. The van der Waals surface area contributed by atoms with Crippen molar-refractivity contribution in [1.82, 2.24) is 0 Å². The van der Waals surface area contributed by atoms with Crippen molar-refractivity contribution in [1.29, 1.82) is 0 Å². The van der Waals surface area contributed by atoms with Crippen LogP contribution in [0.3, 0.4) is 0 Å². The second-order valence-corrected chi connectivity index (χ2v) is 6.58. The van der Waals surface area contributed by atoms with Gasteiger partial charge >= 0.3 is 0 Å². The summed E-state index contributed by atoms with van der Waals surface area (Å²) in [6.45, 7) is 0. The Bertz CT molecular complexity index is 750. The number of fused-ring (bicyclic) bond motifs is 1. The molecule has 3 rings (SSSR count). The summed E-state index contributed by atoms with van der Waals surface area (Å²) in [7, 11) is 0. The van der Waals surface area contributed by atoms with E-state index < -0.39 is 0 Å². The van der Waals surface area contributed by atoms with Gasteiger partial charge in [-0.15, -0.1) is 11.3 Å². The van der Waals surface area contributed by atoms with Gasteiger partial charge in [0.05, 0.1) is 8.66 Å². The zero-order valence-corrected chi connectivity index (χ0v) is 12.3. The average Bonchev–Trinajstić information content (AvgIpc) is 2.85. The van der Waals surface area contributed by atoms with Crippen LogP contribution in [0.5, 0.6) is 0 Å². The molecule has 0 aliphatic rings. The number of benzene rings is 2. The van der Waals surface area contributed by atoms with Gasteiger partial charge in [0.2, 0.25) is 0 Å². The maximum Gasteiger partial charge on any atom is 0.265 e. The molecule has 1 amide bonds. The summed E-state index contributed by atoms with van der Waals surface area (Å²) < 4.78 is 0.955. The Hall–Kier alpha value is -1.65. The highest BCUT2D eigenvalue weighted by Gasteiger charge is 2.08. The predicted octanol–water partition coefficient (Wildman–Crippen LogP) is 4.92. The van der Waals surface area contributed by atoms with Gasteiger partial charge < -0.3 is 5.32 Å². The van der Waals surface area contributed by atoms with Crippen molar-refractivity contribution in [2.24, 2.45) is 0 Å². The number of thiophene rings is 1. The molecule has 0 saturated carbocycles. The molecule has 1 heterocycles. The molecule has 2 nitrogen and oxygen atoms in total. The topological polar surface area (TPSA) is 29.1 Å². The second kappa shape index (κ2) is 5.15. The lowest BCUT2D eigenvalue weighted by molar-refractivity contribution is 0.103. The minimum absolute atomic E-state index is 0.0778. The zero-order chi connectivity index (χ0) is 13.2. The van der Waals surface area contributed by atoms with Crippen molar-refractivity contribution in [3.8, 4) is 0 Å². The minimum atomic E-state index is -0.0778. The molecule has 0 radical (unpaired) electrons. The molecule has 1 N–H and O–H groups in total. The summed E-state index contributed by atoms with van der Waals surface area (Å²) in [5.41, 5.74) is 0.813. The lowest BCUT2D eigenvalue weighted by atomic mass is 10.1. The van der Waals surface area contributed by atoms with Crippen LogP contribution in [0.4, 0.5) is 5.69 Å². The van der Waals surface area contributed by atoms with E-state index in [2.05, 4.69) is 27.3 Å². The summed E-state index contributed by atoms with van der Waals surface area (Å²) in [5, 5.41) is 5.20. The van der Waals surface area contributed by atoms with Crippen molar-refractivity contribution in [3.63, 3.8) is 0 Å². The Balaban J connectivity index is 1.87. The summed E-state index contributed by atoms with van der Waals surface area (Å²) in [6, 6.07) is 17.7. The molecular weight excluding hydrogens is 322 g/mol. The smallest absolute Gasteiger partial charge is 0.265 e. The molecule has 0 bridgehead atoms. The normalized spacial score (nSPS) is 10.6. The fraction of sp³-hybridized carbons (Fsp3) is 0. The lowest BCUT2D eigenvalue weighted by Gasteiger charge is -2.05. The molecule has 0 fully saturated rings. The van der Waals surface area contributed by atoms with E-state index in [1.54, 1.807) is 0 Å². The van der Waals surface area contributed by atoms with Gasteiger partial charge in [-0.1, -0.05) is 30.3 Å². The highest BCUT2D eigenvalue weighted by atomic mass is 79.9. The fourth-order valence-electron chi connectivity index (χ4n) is 1.90. The first-order valence-corrected chi connectivity index (χ1v) is 7.39. The molecule has 0 saturated heterocycles. The predicted molar refractivity (Wildman–Crippen MR) is 83.9 cm³/mol. The summed E-state index contributed by atoms with van der Waals surface area (Å²) in [5.74, 6) is -0.0778. The molecule has 1 aromatic heterocycles. The first-order chi connectivity index (χ1) is 9.22. The van der Waals surface area contributed by atoms with Crippen LogP contribution in [0.2, 0.25) is 0 Å². The Kier molecular flexibility index (Phi) is 3.36. The largest absolute Gasteiger partial charge is 0.321 e. The van der Waals surface area contributed by atoms with Crippen molar-refractivity contribution in [2.75, 3.05) is 5.32 Å². The van der Waals surface area contributed by atoms with E-state index >= 15 is 0 Å². The highest BCUT2D eigenvalue weighted by Crippen LogP contribution is 2.24. The van der Waals surface area contributed by atoms with Crippen LogP contribution >= 0.6 is 27.3 Å². The molecule has 3 aromatic rings. The van der Waals surface area contributed by atoms with Crippen LogP contribution < -0.4 is 5.32 Å². The first-order valence-electron chi connectivity index (χ1n) is 5.78. The molecule has 0 aliphatic heterocycles. The first kappa shape index (κ1) is 12.4. The van der Waals surface area contributed by atoms with Gasteiger partial charge in [-0.3, -0.25) is 4.79 Å². The quantitative estimate of drug-likeness (QED) is 0.709. The fourth-order valence-corrected chi connectivity index (χ4v) is 3.18. The van der Waals surface area contributed by atoms with Gasteiger partial charge in [0, 0.05) is 5.69 Å². The van der Waals surface area contributed by atoms with Crippen LogP contribution in [0.25, 0.3) is 10.8 Å². The average molecular weight is 332 g/mol. The maximum atomic E-state index is 12.0. The Morgan fingerprint density at radius 2 is 1.79 bits per heavy atom. The van der Waals surface area contributed by atoms with E-state index in [-0.39, 0.29) is 5.91 Å². The molecular formula is C15H10BrNOS. The monoisotopic (exact) mass is 331 g/mol. The van der Waals surface area contributed by atoms with Gasteiger partial charge in [-0.05, 0) is 51.0 Å². The minimum Gasteiger partial charge on any atom is -0.321 e. The maximum absolute atomic E-state index is 12.0. The summed E-state index contributed by atoms with van der Waals surface area (Å²) >= 11 is 4.78. The van der Waals surface area contributed by atoms with E-state index in [9.17, 15) is 4.79 Å². The summed E-state index contributed by atoms with van der Waals surface area (Å²) in [4.78, 5) is 12.7. The number of rotatable bonds is 2. The third kappa shape index (κ3) is 2.69. The summed E-state index contributed by atoms with van der Waals surface area (Å²) in [6.07, 6.45) is 0. The molecule has 4 heteroatoms. The zero-order valence-electron chi connectivity index (χ0n) is 9.89. The Morgan fingerprint density at radius 3 is 2.53 bits per heavy atom. The molecule has 19 heavy (non-hydrogen) atoms. The molecule has 94 valence electrons. The third-order valence-corrected chi connectivity index (χ3v) is 4.43. The van der Waals surface area contributed by atoms with Gasteiger partial charge in [0.25, 0.3) is 5.91 Å². The van der Waals surface area contributed by atoms with Gasteiger partial charge in [-0.2, -0.15) is 0 Å². The van der Waals surface area contributed by atoms with Crippen LogP contribution in [0.15, 0.2) is 58.4 Å². The van der Waals surface area contributed by atoms with Crippen LogP contribution in [0, 0.1) is 0 Å². The van der Waals surface area contributed by atoms with E-state index in [1.807, 2.05) is 48.5 Å². The number of nitrogens with one attached hydrogen (secondary N) is 1. The van der Waals surface area contributed by atoms with Crippen molar-refractivity contribution in [3.05, 3.63) is 63.3 Å². The number of halogens is 1. The van der Waals surface area contributed by atoms with Crippen LogP contribution in [0.1, 0.15) is 9.67 Å². The molecule has 0 spiro atoms. The lowest BCUT2D eigenvalue weighted by Crippen LogP contribution is -2.09. The molecule has 0 aliphatic carbocycles. The molecule has 2 aromatic carbocycles. The number of hydrogen-bond donors (Lipinski definition) is 1. The van der Waals surface area contributed by atoms with Crippen molar-refractivity contribution >= 4 is 49.6 Å². The number of amides is 1. The highest BCUT2D eigenvalue weighted by molar-refractivity contribution is 9.11. The van der Waals surface area contributed by atoms with Crippen LogP contribution in [-0.2, 0) is 0 Å². The molecule has 0 atom stereocenters. The van der Waals surface area contributed by atoms with Gasteiger partial charge in [0.15, 0.2) is 0 Å². The van der Waals surface area contributed by atoms with E-state index in [0.717, 1.165) is 14.9 Å². The van der Waals surface area contributed by atoms with Gasteiger partial charge in [-0.25, -0.2) is 0 Å². The third-order valence-electron chi connectivity index (χ3n) is 2.80. The van der Waals surface area contributed by atoms with Crippen molar-refractivity contribution in [2.45, 2.75) is 0 Å². The Labute approximate surface area is 123 Å². The van der Waals surface area contributed by atoms with Gasteiger partial charge in [0.1, 0.15) is 0 Å². The van der Waals surface area contributed by atoms with E-state index in [4.69, 9.17) is 0 Å². The molecule has 0 unspecified atom stereocenters. The number of carbonyl (C=O) groups excluding carboxylic acids is 1. The van der Waals surface area contributed by atoms with Crippen LogP contribution in [-0.4, -0.2) is 5.91 Å². The van der Waals surface area contributed by atoms with E-state index in [1.165, 1.54) is 16.7 Å². The Morgan fingerprint density at radius 1 is 1.00 bits per heavy atom. The van der Waals surface area contributed by atoms with E-state index in [0.29, 0.717) is 4.88 Å². The number of anilines is 1. The SMILES string of the molecule is O=C(Nc1ccc2ccccc2c1)c1ccc(Br)s1. The standard InChI is InChI=1S/C15H10BrNOS/c16-14-8-7-13(19-14)15(18)17-12-6-5-10-3-1-2-4-11(10)9-12/h1-9H,(H,17,18). The number of hydrogen-bond acceptors (Lipinski definition) is 2. The second-order valence-electron chi connectivity index (χ2n) is 4.12. The van der Waals surface area contributed by atoms with Crippen molar-refractivity contribution < 1.29 is 4.79 Å².